The number of halogens is 2. The van der Waals surface area contributed by atoms with Crippen LogP contribution in [0.15, 0.2) is 30.3 Å². The largest absolute Gasteiger partial charge is 0.392 e. The van der Waals surface area contributed by atoms with Gasteiger partial charge in [-0.2, -0.15) is 8.78 Å². The Morgan fingerprint density at radius 1 is 1.40 bits per heavy atom. The van der Waals surface area contributed by atoms with Crippen LogP contribution in [0.2, 0.25) is 0 Å². The molecule has 1 aromatic carbocycles. The molecule has 6 heteroatoms. The number of rotatable bonds is 5. The molecule has 1 fully saturated rings. The second-order valence-corrected chi connectivity index (χ2v) is 5.00. The number of aliphatic hydroxyl groups excluding tert-OH is 1. The topological polar surface area (TPSA) is 52.6 Å². The van der Waals surface area contributed by atoms with Crippen LogP contribution in [0.25, 0.3) is 0 Å². The van der Waals surface area contributed by atoms with Crippen molar-refractivity contribution in [2.75, 3.05) is 13.1 Å². The van der Waals surface area contributed by atoms with E-state index in [4.69, 9.17) is 0 Å². The normalized spacial score (nSPS) is 23.2. The number of alkyl halides is 2. The van der Waals surface area contributed by atoms with Crippen molar-refractivity contribution in [3.05, 3.63) is 35.9 Å². The monoisotopic (exact) mass is 284 g/mol. The molecule has 2 rings (SSSR count). The summed E-state index contributed by atoms with van der Waals surface area (Å²) in [5.41, 5.74) is 1.09. The highest BCUT2D eigenvalue weighted by atomic mass is 19.3. The molecular formula is C14H18F2N2O2. The third kappa shape index (κ3) is 3.98. The Labute approximate surface area is 116 Å². The molecule has 110 valence electrons. The third-order valence-corrected chi connectivity index (χ3v) is 3.44. The van der Waals surface area contributed by atoms with Gasteiger partial charge < -0.3 is 10.4 Å². The fourth-order valence-electron chi connectivity index (χ4n) is 2.48. The minimum atomic E-state index is -3.00. The van der Waals surface area contributed by atoms with Crippen LogP contribution in [0.5, 0.6) is 0 Å². The van der Waals surface area contributed by atoms with Gasteiger partial charge in [0.25, 0.3) is 5.91 Å². The van der Waals surface area contributed by atoms with Crippen LogP contribution < -0.4 is 5.32 Å². The number of benzene rings is 1. The first kappa shape index (κ1) is 14.9. The van der Waals surface area contributed by atoms with Gasteiger partial charge in [-0.25, -0.2) is 0 Å². The molecule has 1 saturated heterocycles. The third-order valence-electron chi connectivity index (χ3n) is 3.44. The van der Waals surface area contributed by atoms with E-state index in [1.165, 1.54) is 0 Å². The van der Waals surface area contributed by atoms with Gasteiger partial charge in [0.1, 0.15) is 0 Å². The van der Waals surface area contributed by atoms with Gasteiger partial charge in [-0.05, 0) is 12.0 Å². The summed E-state index contributed by atoms with van der Waals surface area (Å²) in [5.74, 6) is -1.26. The number of aliphatic hydroxyl groups is 1. The van der Waals surface area contributed by atoms with Crippen molar-refractivity contribution in [2.24, 2.45) is 0 Å². The molecule has 1 heterocycles. The maximum absolute atomic E-state index is 12.1. The van der Waals surface area contributed by atoms with Crippen LogP contribution in [0.3, 0.4) is 0 Å². The molecule has 20 heavy (non-hydrogen) atoms. The molecule has 0 aliphatic carbocycles. The molecule has 1 amide bonds. The quantitative estimate of drug-likeness (QED) is 0.848. The summed E-state index contributed by atoms with van der Waals surface area (Å²) >= 11 is 0. The molecule has 0 radical (unpaired) electrons. The molecule has 2 unspecified atom stereocenters. The van der Waals surface area contributed by atoms with Gasteiger partial charge in [-0.15, -0.1) is 0 Å². The number of hydrogen-bond acceptors (Lipinski definition) is 3. The molecule has 1 aliphatic rings. The van der Waals surface area contributed by atoms with E-state index in [-0.39, 0.29) is 12.6 Å². The van der Waals surface area contributed by atoms with Gasteiger partial charge in [0, 0.05) is 25.7 Å². The minimum Gasteiger partial charge on any atom is -0.392 e. The van der Waals surface area contributed by atoms with E-state index in [2.05, 4.69) is 5.32 Å². The summed E-state index contributed by atoms with van der Waals surface area (Å²) in [6, 6.07) is 9.60. The van der Waals surface area contributed by atoms with Crippen molar-refractivity contribution >= 4 is 5.91 Å². The Kier molecular flexibility index (Phi) is 5.03. The van der Waals surface area contributed by atoms with Crippen LogP contribution in [-0.4, -0.2) is 47.6 Å². The summed E-state index contributed by atoms with van der Waals surface area (Å²) in [6.45, 7) is 1.25. The Bertz CT molecular complexity index is 442. The fourth-order valence-corrected chi connectivity index (χ4v) is 2.48. The molecule has 2 atom stereocenters. The first-order valence-electron chi connectivity index (χ1n) is 6.58. The molecule has 0 aromatic heterocycles. The first-order valence-corrected chi connectivity index (χ1v) is 6.58. The molecule has 0 bridgehead atoms. The molecule has 0 spiro atoms. The predicted molar refractivity (Wildman–Crippen MR) is 70.3 cm³/mol. The standard InChI is InChI=1S/C14H18F2N2O2/c15-13(16)14(20)17-7-11-6-12(19)9-18(11)8-10-4-2-1-3-5-10/h1-5,11-13,19H,6-9H2,(H,17,20). The van der Waals surface area contributed by atoms with E-state index in [1.54, 1.807) is 0 Å². The highest BCUT2D eigenvalue weighted by molar-refractivity contribution is 5.79. The van der Waals surface area contributed by atoms with E-state index < -0.39 is 18.4 Å². The molecule has 0 saturated carbocycles. The summed E-state index contributed by atoms with van der Waals surface area (Å²) in [4.78, 5) is 12.9. The Morgan fingerprint density at radius 3 is 2.75 bits per heavy atom. The fraction of sp³-hybridized carbons (Fsp3) is 0.500. The second kappa shape index (κ2) is 6.76. The summed E-state index contributed by atoms with van der Waals surface area (Å²) < 4.78 is 24.3. The summed E-state index contributed by atoms with van der Waals surface area (Å²) in [5, 5.41) is 11.9. The number of amides is 1. The number of carbonyl (C=O) groups excluding carboxylic acids is 1. The SMILES string of the molecule is O=C(NCC1CC(O)CN1Cc1ccccc1)C(F)F. The van der Waals surface area contributed by atoms with Gasteiger partial charge in [0.05, 0.1) is 6.10 Å². The first-order chi connectivity index (χ1) is 9.56. The van der Waals surface area contributed by atoms with Crippen LogP contribution >= 0.6 is 0 Å². The second-order valence-electron chi connectivity index (χ2n) is 5.00. The zero-order valence-electron chi connectivity index (χ0n) is 11.0. The van der Waals surface area contributed by atoms with Crippen molar-refractivity contribution in [2.45, 2.75) is 31.5 Å². The van der Waals surface area contributed by atoms with Crippen LogP contribution in [0.4, 0.5) is 8.78 Å². The average Bonchev–Trinajstić information content (AvgIpc) is 2.77. The zero-order valence-corrected chi connectivity index (χ0v) is 11.0. The van der Waals surface area contributed by atoms with Gasteiger partial charge in [0.2, 0.25) is 0 Å². The zero-order chi connectivity index (χ0) is 14.5. The predicted octanol–water partition coefficient (Wildman–Crippen LogP) is 1.00. The van der Waals surface area contributed by atoms with Crippen molar-refractivity contribution in [1.29, 1.82) is 0 Å². The van der Waals surface area contributed by atoms with Crippen molar-refractivity contribution in [3.63, 3.8) is 0 Å². The Balaban J connectivity index is 1.91. The molecule has 4 nitrogen and oxygen atoms in total. The van der Waals surface area contributed by atoms with E-state index >= 15 is 0 Å². The number of likely N-dealkylation sites (tertiary alicyclic amines) is 1. The van der Waals surface area contributed by atoms with Crippen molar-refractivity contribution in [1.82, 2.24) is 10.2 Å². The maximum Gasteiger partial charge on any atom is 0.315 e. The van der Waals surface area contributed by atoms with E-state index in [0.29, 0.717) is 19.5 Å². The van der Waals surface area contributed by atoms with Crippen LogP contribution in [-0.2, 0) is 11.3 Å². The van der Waals surface area contributed by atoms with E-state index in [9.17, 15) is 18.7 Å². The van der Waals surface area contributed by atoms with Gasteiger partial charge in [0.15, 0.2) is 0 Å². The lowest BCUT2D eigenvalue weighted by atomic mass is 10.1. The van der Waals surface area contributed by atoms with Gasteiger partial charge in [-0.3, -0.25) is 9.69 Å². The highest BCUT2D eigenvalue weighted by Gasteiger charge is 2.31. The smallest absolute Gasteiger partial charge is 0.315 e. The Hall–Kier alpha value is -1.53. The lowest BCUT2D eigenvalue weighted by molar-refractivity contribution is -0.131. The molecule has 2 N–H and O–H groups in total. The van der Waals surface area contributed by atoms with Crippen molar-refractivity contribution < 1.29 is 18.7 Å². The van der Waals surface area contributed by atoms with Crippen LogP contribution in [0, 0.1) is 0 Å². The van der Waals surface area contributed by atoms with Gasteiger partial charge in [-0.1, -0.05) is 30.3 Å². The van der Waals surface area contributed by atoms with Crippen molar-refractivity contribution in [3.8, 4) is 0 Å². The number of carbonyl (C=O) groups is 1. The lowest BCUT2D eigenvalue weighted by Gasteiger charge is -2.24. The minimum absolute atomic E-state index is 0.118. The van der Waals surface area contributed by atoms with E-state index in [1.807, 2.05) is 35.2 Å². The Morgan fingerprint density at radius 2 is 2.10 bits per heavy atom. The van der Waals surface area contributed by atoms with Crippen LogP contribution in [0.1, 0.15) is 12.0 Å². The average molecular weight is 284 g/mol. The number of nitrogens with zero attached hydrogens (tertiary/aromatic N) is 1. The number of β-amino-alcohol motifs (C(OH)–C–C–N with tert-alkyl or cyclic N) is 1. The molecule has 1 aliphatic heterocycles. The summed E-state index contributed by atoms with van der Waals surface area (Å²) in [7, 11) is 0. The number of hydrogen-bond donors (Lipinski definition) is 2. The van der Waals surface area contributed by atoms with E-state index in [0.717, 1.165) is 5.56 Å². The molecular weight excluding hydrogens is 266 g/mol. The maximum atomic E-state index is 12.1. The lowest BCUT2D eigenvalue weighted by Crippen LogP contribution is -2.41. The summed E-state index contributed by atoms with van der Waals surface area (Å²) in [6.07, 6.45) is -2.99. The number of nitrogens with one attached hydrogen (secondary N) is 1. The van der Waals surface area contributed by atoms with Gasteiger partial charge >= 0.3 is 6.43 Å². The highest BCUT2D eigenvalue weighted by Crippen LogP contribution is 2.20. The molecule has 1 aromatic rings.